The zero-order valence-electron chi connectivity index (χ0n) is 10.2. The van der Waals surface area contributed by atoms with Gasteiger partial charge in [-0.25, -0.2) is 8.78 Å². The van der Waals surface area contributed by atoms with E-state index in [0.29, 0.717) is 5.92 Å². The molecule has 18 heavy (non-hydrogen) atoms. The monoisotopic (exact) mass is 252 g/mol. The standard InChI is InChI=1S/C14H16F2NO/c15-13-6-7-14(16)12(8-13)10-18-17-9-11-4-2-1-3-5-11/h6-8,11H,1-5,10H2. The van der Waals surface area contributed by atoms with Crippen LogP contribution in [0.25, 0.3) is 0 Å². The van der Waals surface area contributed by atoms with Crippen LogP contribution in [0.3, 0.4) is 0 Å². The summed E-state index contributed by atoms with van der Waals surface area (Å²) in [5.41, 5.74) is 0.171. The van der Waals surface area contributed by atoms with E-state index in [1.54, 1.807) is 0 Å². The van der Waals surface area contributed by atoms with Gasteiger partial charge in [-0.05, 0) is 31.0 Å². The Kier molecular flexibility index (Phi) is 4.67. The molecule has 97 valence electrons. The summed E-state index contributed by atoms with van der Waals surface area (Å²) in [6.07, 6.45) is 8.75. The molecule has 2 rings (SSSR count). The average molecular weight is 252 g/mol. The van der Waals surface area contributed by atoms with E-state index < -0.39 is 11.6 Å². The van der Waals surface area contributed by atoms with E-state index in [1.165, 1.54) is 19.3 Å². The Morgan fingerprint density at radius 3 is 2.78 bits per heavy atom. The van der Waals surface area contributed by atoms with E-state index in [4.69, 9.17) is 4.84 Å². The third-order valence-electron chi connectivity index (χ3n) is 3.13. The highest BCUT2D eigenvalue weighted by Gasteiger charge is 2.11. The number of hydrogen-bond donors (Lipinski definition) is 0. The summed E-state index contributed by atoms with van der Waals surface area (Å²) < 4.78 is 26.1. The van der Waals surface area contributed by atoms with E-state index in [-0.39, 0.29) is 12.2 Å². The molecule has 0 saturated heterocycles. The normalized spacial score (nSPS) is 17.2. The minimum absolute atomic E-state index is 0.0662. The molecule has 1 aliphatic rings. The summed E-state index contributed by atoms with van der Waals surface area (Å²) in [5, 5.41) is 3.72. The molecule has 0 unspecified atom stereocenters. The Morgan fingerprint density at radius 1 is 1.22 bits per heavy atom. The van der Waals surface area contributed by atoms with E-state index in [0.717, 1.165) is 31.0 Å². The molecule has 4 heteroatoms. The molecule has 1 saturated carbocycles. The molecule has 1 aliphatic carbocycles. The molecule has 0 aliphatic heterocycles. The Balaban J connectivity index is 1.80. The summed E-state index contributed by atoms with van der Waals surface area (Å²) in [7, 11) is 0. The second kappa shape index (κ2) is 6.47. The summed E-state index contributed by atoms with van der Waals surface area (Å²) in [5.74, 6) is -0.615. The van der Waals surface area contributed by atoms with Crippen molar-refractivity contribution in [2.45, 2.75) is 38.7 Å². The van der Waals surface area contributed by atoms with E-state index in [2.05, 4.69) is 11.4 Å². The first kappa shape index (κ1) is 13.0. The Hall–Kier alpha value is -1.45. The Morgan fingerprint density at radius 2 is 2.00 bits per heavy atom. The maximum absolute atomic E-state index is 13.2. The molecule has 0 aromatic heterocycles. The maximum Gasteiger partial charge on any atom is 0.145 e. The lowest BCUT2D eigenvalue weighted by molar-refractivity contribution is 0.127. The molecule has 2 nitrogen and oxygen atoms in total. The maximum atomic E-state index is 13.2. The van der Waals surface area contributed by atoms with Crippen molar-refractivity contribution < 1.29 is 13.6 Å². The lowest BCUT2D eigenvalue weighted by atomic mass is 9.90. The molecule has 1 fully saturated rings. The first-order valence-corrected chi connectivity index (χ1v) is 6.27. The number of benzene rings is 1. The van der Waals surface area contributed by atoms with E-state index in [9.17, 15) is 8.78 Å². The van der Waals surface area contributed by atoms with Gasteiger partial charge in [0.1, 0.15) is 24.5 Å². The van der Waals surface area contributed by atoms with Crippen LogP contribution < -0.4 is 0 Å². The van der Waals surface area contributed by atoms with Gasteiger partial charge in [0.2, 0.25) is 0 Å². The van der Waals surface area contributed by atoms with Gasteiger partial charge in [-0.2, -0.15) is 0 Å². The van der Waals surface area contributed by atoms with Crippen LogP contribution in [0.1, 0.15) is 37.7 Å². The van der Waals surface area contributed by atoms with Gasteiger partial charge in [0.15, 0.2) is 0 Å². The molecular formula is C14H16F2NO. The lowest BCUT2D eigenvalue weighted by Crippen LogP contribution is -2.07. The highest BCUT2D eigenvalue weighted by Crippen LogP contribution is 2.22. The topological polar surface area (TPSA) is 21.6 Å². The van der Waals surface area contributed by atoms with Gasteiger partial charge in [-0.1, -0.05) is 24.4 Å². The SMILES string of the molecule is Fc1ccc(F)c(CO/N=[C]\C2CCCCC2)c1. The average Bonchev–Trinajstić information content (AvgIpc) is 2.40. The van der Waals surface area contributed by atoms with Crippen LogP contribution in [0, 0.1) is 17.6 Å². The highest BCUT2D eigenvalue weighted by atomic mass is 19.1. The fraction of sp³-hybridized carbons (Fsp3) is 0.500. The van der Waals surface area contributed by atoms with Crippen LogP contribution in [-0.4, -0.2) is 6.21 Å². The fourth-order valence-electron chi connectivity index (χ4n) is 2.10. The second-order valence-corrected chi connectivity index (χ2v) is 4.56. The Labute approximate surface area is 106 Å². The smallest absolute Gasteiger partial charge is 0.145 e. The molecule has 1 aromatic carbocycles. The number of hydrogen-bond acceptors (Lipinski definition) is 2. The summed E-state index contributed by atoms with van der Waals surface area (Å²) in [4.78, 5) is 4.97. The number of halogens is 2. The molecule has 1 radical (unpaired) electrons. The summed E-state index contributed by atoms with van der Waals surface area (Å²) >= 11 is 0. The number of nitrogens with zero attached hydrogens (tertiary/aromatic N) is 1. The Bertz CT molecular complexity index is 414. The van der Waals surface area contributed by atoms with Crippen molar-refractivity contribution in [3.63, 3.8) is 0 Å². The molecule has 0 N–H and O–H groups in total. The third kappa shape index (κ3) is 3.79. The van der Waals surface area contributed by atoms with Crippen LogP contribution in [0.5, 0.6) is 0 Å². The van der Waals surface area contributed by atoms with Crippen LogP contribution >= 0.6 is 0 Å². The van der Waals surface area contributed by atoms with Gasteiger partial charge in [0.25, 0.3) is 0 Å². The molecule has 0 bridgehead atoms. The molecular weight excluding hydrogens is 236 g/mol. The van der Waals surface area contributed by atoms with Gasteiger partial charge < -0.3 is 4.84 Å². The van der Waals surface area contributed by atoms with Gasteiger partial charge in [0, 0.05) is 11.5 Å². The fourth-order valence-corrected chi connectivity index (χ4v) is 2.10. The molecule has 0 heterocycles. The quantitative estimate of drug-likeness (QED) is 0.588. The van der Waals surface area contributed by atoms with Crippen molar-refractivity contribution in [3.05, 3.63) is 35.4 Å². The van der Waals surface area contributed by atoms with Crippen molar-refractivity contribution in [2.24, 2.45) is 11.1 Å². The minimum Gasteiger partial charge on any atom is -0.391 e. The predicted molar refractivity (Wildman–Crippen MR) is 65.2 cm³/mol. The zero-order valence-corrected chi connectivity index (χ0v) is 10.2. The van der Waals surface area contributed by atoms with Crippen molar-refractivity contribution in [3.8, 4) is 0 Å². The second-order valence-electron chi connectivity index (χ2n) is 4.56. The molecule has 1 aromatic rings. The zero-order chi connectivity index (χ0) is 12.8. The first-order chi connectivity index (χ1) is 8.75. The molecule has 0 spiro atoms. The van der Waals surface area contributed by atoms with Gasteiger partial charge in [0.05, 0.1) is 0 Å². The van der Waals surface area contributed by atoms with Crippen molar-refractivity contribution in [1.29, 1.82) is 0 Å². The van der Waals surface area contributed by atoms with Crippen molar-refractivity contribution in [2.75, 3.05) is 0 Å². The first-order valence-electron chi connectivity index (χ1n) is 6.27. The summed E-state index contributed by atoms with van der Waals surface area (Å²) in [6.45, 7) is -0.0662. The van der Waals surface area contributed by atoms with Crippen molar-refractivity contribution in [1.82, 2.24) is 0 Å². The molecule has 0 atom stereocenters. The minimum atomic E-state index is -0.482. The van der Waals surface area contributed by atoms with E-state index in [1.807, 2.05) is 0 Å². The van der Waals surface area contributed by atoms with E-state index >= 15 is 0 Å². The predicted octanol–water partition coefficient (Wildman–Crippen LogP) is 3.92. The van der Waals surface area contributed by atoms with Gasteiger partial charge >= 0.3 is 0 Å². The van der Waals surface area contributed by atoms with Crippen LogP contribution in [-0.2, 0) is 11.4 Å². The number of rotatable bonds is 4. The highest BCUT2D eigenvalue weighted by molar-refractivity contribution is 5.59. The van der Waals surface area contributed by atoms with Crippen LogP contribution in [0.15, 0.2) is 23.4 Å². The summed E-state index contributed by atoms with van der Waals surface area (Å²) in [6, 6.07) is 3.28. The lowest BCUT2D eigenvalue weighted by Gasteiger charge is -2.15. The van der Waals surface area contributed by atoms with Crippen molar-refractivity contribution >= 4 is 6.21 Å². The van der Waals surface area contributed by atoms with Crippen LogP contribution in [0.2, 0.25) is 0 Å². The largest absolute Gasteiger partial charge is 0.391 e. The molecule has 0 amide bonds. The van der Waals surface area contributed by atoms with Crippen LogP contribution in [0.4, 0.5) is 8.78 Å². The third-order valence-corrected chi connectivity index (χ3v) is 3.13. The van der Waals surface area contributed by atoms with Gasteiger partial charge in [-0.15, -0.1) is 0 Å². The van der Waals surface area contributed by atoms with Gasteiger partial charge in [-0.3, -0.25) is 0 Å².